The van der Waals surface area contributed by atoms with Gasteiger partial charge in [0.25, 0.3) is 0 Å². The zero-order chi connectivity index (χ0) is 15.4. The predicted octanol–water partition coefficient (Wildman–Crippen LogP) is 3.01. The van der Waals surface area contributed by atoms with E-state index in [9.17, 15) is 4.79 Å². The zero-order valence-electron chi connectivity index (χ0n) is 12.5. The third-order valence-corrected chi connectivity index (χ3v) is 6.20. The third-order valence-electron chi connectivity index (χ3n) is 3.83. The first kappa shape index (κ1) is 15.6. The van der Waals surface area contributed by atoms with Crippen LogP contribution in [-0.4, -0.2) is 39.8 Å². The minimum absolute atomic E-state index is 0.149. The minimum atomic E-state index is 0.149. The maximum absolute atomic E-state index is 12.2. The number of likely N-dealkylation sites (tertiary alicyclic amines) is 1. The molecular weight excluding hydrogens is 318 g/mol. The SMILES string of the molecule is Cc1csc(SCC2CCN(C(=O)Cc3ccon3)CC2)n1. The number of rotatable bonds is 5. The van der Waals surface area contributed by atoms with Crippen molar-refractivity contribution in [1.29, 1.82) is 0 Å². The highest BCUT2D eigenvalue weighted by molar-refractivity contribution is 8.01. The zero-order valence-corrected chi connectivity index (χ0v) is 14.2. The molecule has 2 aromatic rings. The molecule has 0 aliphatic carbocycles. The topological polar surface area (TPSA) is 59.2 Å². The fourth-order valence-corrected chi connectivity index (χ4v) is 4.59. The summed E-state index contributed by atoms with van der Waals surface area (Å²) in [6.07, 6.45) is 3.99. The van der Waals surface area contributed by atoms with Crippen molar-refractivity contribution in [2.75, 3.05) is 18.8 Å². The molecule has 1 saturated heterocycles. The lowest BCUT2D eigenvalue weighted by atomic mass is 9.98. The summed E-state index contributed by atoms with van der Waals surface area (Å²) in [5.74, 6) is 1.92. The summed E-state index contributed by atoms with van der Waals surface area (Å²) in [5.41, 5.74) is 1.81. The van der Waals surface area contributed by atoms with Crippen LogP contribution >= 0.6 is 23.1 Å². The number of nitrogens with zero attached hydrogens (tertiary/aromatic N) is 3. The van der Waals surface area contributed by atoms with Gasteiger partial charge in [0.15, 0.2) is 0 Å². The largest absolute Gasteiger partial charge is 0.364 e. The van der Waals surface area contributed by atoms with Gasteiger partial charge in [-0.15, -0.1) is 11.3 Å². The first-order valence-corrected chi connectivity index (χ1v) is 9.29. The highest BCUT2D eigenvalue weighted by Gasteiger charge is 2.23. The Hall–Kier alpha value is -1.34. The Morgan fingerprint density at radius 3 is 2.95 bits per heavy atom. The number of hydrogen-bond acceptors (Lipinski definition) is 6. The van der Waals surface area contributed by atoms with E-state index < -0.39 is 0 Å². The molecule has 1 fully saturated rings. The van der Waals surface area contributed by atoms with Crippen LogP contribution in [0.25, 0.3) is 0 Å². The summed E-state index contributed by atoms with van der Waals surface area (Å²) in [6, 6.07) is 1.75. The molecule has 1 amide bonds. The first-order chi connectivity index (χ1) is 10.7. The van der Waals surface area contributed by atoms with Crippen molar-refractivity contribution >= 4 is 29.0 Å². The summed E-state index contributed by atoms with van der Waals surface area (Å²) in [7, 11) is 0. The van der Waals surface area contributed by atoms with Crippen LogP contribution in [0.2, 0.25) is 0 Å². The summed E-state index contributed by atoms with van der Waals surface area (Å²) in [5, 5.41) is 5.89. The van der Waals surface area contributed by atoms with E-state index >= 15 is 0 Å². The number of thioether (sulfide) groups is 1. The molecule has 5 nitrogen and oxygen atoms in total. The van der Waals surface area contributed by atoms with Crippen molar-refractivity contribution in [3.63, 3.8) is 0 Å². The van der Waals surface area contributed by atoms with Crippen molar-refractivity contribution in [1.82, 2.24) is 15.0 Å². The average molecular weight is 337 g/mol. The van der Waals surface area contributed by atoms with Crippen LogP contribution in [0.4, 0.5) is 0 Å². The molecule has 0 atom stereocenters. The molecule has 0 N–H and O–H groups in total. The van der Waals surface area contributed by atoms with Crippen LogP contribution in [0.15, 0.2) is 26.6 Å². The van der Waals surface area contributed by atoms with Gasteiger partial charge in [0.1, 0.15) is 10.6 Å². The Balaban J connectivity index is 1.41. The number of carbonyl (C=O) groups is 1. The Morgan fingerprint density at radius 2 is 2.32 bits per heavy atom. The standard InChI is InChI=1S/C15H19N3O2S2/c1-11-9-21-15(16-11)22-10-12-2-5-18(6-3-12)14(19)8-13-4-7-20-17-13/h4,7,9,12H,2-3,5-6,8,10H2,1H3. The molecule has 118 valence electrons. The van der Waals surface area contributed by atoms with Crippen LogP contribution in [0, 0.1) is 12.8 Å². The smallest absolute Gasteiger partial charge is 0.228 e. The maximum Gasteiger partial charge on any atom is 0.228 e. The van der Waals surface area contributed by atoms with E-state index in [0.717, 1.165) is 41.7 Å². The molecule has 3 heterocycles. The van der Waals surface area contributed by atoms with Crippen molar-refractivity contribution in [2.24, 2.45) is 5.92 Å². The molecule has 0 bridgehead atoms. The Morgan fingerprint density at radius 1 is 1.50 bits per heavy atom. The monoisotopic (exact) mass is 337 g/mol. The van der Waals surface area contributed by atoms with E-state index in [1.165, 1.54) is 6.26 Å². The van der Waals surface area contributed by atoms with Gasteiger partial charge in [-0.25, -0.2) is 4.98 Å². The molecule has 0 radical (unpaired) electrons. The van der Waals surface area contributed by atoms with E-state index in [0.29, 0.717) is 18.0 Å². The lowest BCUT2D eigenvalue weighted by Gasteiger charge is -2.31. The molecule has 22 heavy (non-hydrogen) atoms. The van der Waals surface area contributed by atoms with Gasteiger partial charge < -0.3 is 9.42 Å². The summed E-state index contributed by atoms with van der Waals surface area (Å²) >= 11 is 3.56. The average Bonchev–Trinajstić information content (AvgIpc) is 3.17. The molecule has 2 aromatic heterocycles. The van der Waals surface area contributed by atoms with Crippen molar-refractivity contribution in [2.45, 2.75) is 30.5 Å². The Labute approximate surface area is 138 Å². The van der Waals surface area contributed by atoms with Gasteiger partial charge in [-0.05, 0) is 25.7 Å². The van der Waals surface area contributed by atoms with Gasteiger partial charge in [-0.2, -0.15) is 0 Å². The second-order valence-corrected chi connectivity index (χ2v) is 7.68. The second kappa shape index (κ2) is 7.28. The van der Waals surface area contributed by atoms with Gasteiger partial charge in [-0.1, -0.05) is 16.9 Å². The number of piperidine rings is 1. The predicted molar refractivity (Wildman–Crippen MR) is 87.1 cm³/mol. The molecule has 0 saturated carbocycles. The van der Waals surface area contributed by atoms with Gasteiger partial charge in [-0.3, -0.25) is 4.79 Å². The number of amides is 1. The number of aryl methyl sites for hydroxylation is 1. The van der Waals surface area contributed by atoms with E-state index in [1.807, 2.05) is 23.6 Å². The molecule has 7 heteroatoms. The highest BCUT2D eigenvalue weighted by Crippen LogP contribution is 2.28. The fourth-order valence-electron chi connectivity index (χ4n) is 2.53. The van der Waals surface area contributed by atoms with E-state index in [4.69, 9.17) is 4.52 Å². The van der Waals surface area contributed by atoms with Crippen molar-refractivity contribution < 1.29 is 9.32 Å². The Kier molecular flexibility index (Phi) is 5.15. The van der Waals surface area contributed by atoms with Crippen molar-refractivity contribution in [3.8, 4) is 0 Å². The summed E-state index contributed by atoms with van der Waals surface area (Å²) in [6.45, 7) is 3.72. The number of hydrogen-bond donors (Lipinski definition) is 0. The molecule has 0 aromatic carbocycles. The molecule has 3 rings (SSSR count). The van der Waals surface area contributed by atoms with Crippen LogP contribution in [-0.2, 0) is 11.2 Å². The van der Waals surface area contributed by atoms with E-state index in [1.54, 1.807) is 17.4 Å². The Bertz CT molecular complexity index is 604. The normalized spacial score (nSPS) is 16.1. The van der Waals surface area contributed by atoms with Gasteiger partial charge in [0.05, 0.1) is 12.1 Å². The van der Waals surface area contributed by atoms with Crippen molar-refractivity contribution in [3.05, 3.63) is 29.1 Å². The summed E-state index contributed by atoms with van der Waals surface area (Å²) in [4.78, 5) is 18.6. The lowest BCUT2D eigenvalue weighted by molar-refractivity contribution is -0.131. The second-order valence-electron chi connectivity index (χ2n) is 5.56. The number of carbonyl (C=O) groups excluding carboxylic acids is 1. The number of thiazole rings is 1. The highest BCUT2D eigenvalue weighted by atomic mass is 32.2. The third kappa shape index (κ3) is 4.10. The molecule has 1 aliphatic heterocycles. The van der Waals surface area contributed by atoms with Crippen LogP contribution in [0.3, 0.4) is 0 Å². The fraction of sp³-hybridized carbons (Fsp3) is 0.533. The van der Waals surface area contributed by atoms with Gasteiger partial charge in [0.2, 0.25) is 5.91 Å². The molecule has 0 unspecified atom stereocenters. The van der Waals surface area contributed by atoms with Crippen LogP contribution < -0.4 is 0 Å². The van der Waals surface area contributed by atoms with E-state index in [2.05, 4.69) is 15.5 Å². The number of aromatic nitrogens is 2. The minimum Gasteiger partial charge on any atom is -0.364 e. The van der Waals surface area contributed by atoms with Crippen LogP contribution in [0.1, 0.15) is 24.2 Å². The molecule has 0 spiro atoms. The molecule has 1 aliphatic rings. The van der Waals surface area contributed by atoms with Gasteiger partial charge >= 0.3 is 0 Å². The van der Waals surface area contributed by atoms with Crippen LogP contribution in [0.5, 0.6) is 0 Å². The quantitative estimate of drug-likeness (QED) is 0.785. The first-order valence-electron chi connectivity index (χ1n) is 7.42. The maximum atomic E-state index is 12.2. The van der Waals surface area contributed by atoms with Gasteiger partial charge in [0, 0.05) is 36.0 Å². The summed E-state index contributed by atoms with van der Waals surface area (Å²) < 4.78 is 5.92. The lowest BCUT2D eigenvalue weighted by Crippen LogP contribution is -2.39. The molecular formula is C15H19N3O2S2. The van der Waals surface area contributed by atoms with E-state index in [-0.39, 0.29) is 5.91 Å².